The van der Waals surface area contributed by atoms with Crippen molar-refractivity contribution >= 4 is 40.7 Å². The molecule has 1 aromatic heterocycles. The molecule has 1 fully saturated rings. The first kappa shape index (κ1) is 24.6. The zero-order valence-corrected chi connectivity index (χ0v) is 19.7. The number of rotatable bonds is 6. The van der Waals surface area contributed by atoms with Gasteiger partial charge in [0.2, 0.25) is 5.91 Å². The summed E-state index contributed by atoms with van der Waals surface area (Å²) in [6.07, 6.45) is 2.28. The minimum atomic E-state index is -1.10. The molecule has 0 radical (unpaired) electrons. The van der Waals surface area contributed by atoms with Crippen molar-refractivity contribution in [2.45, 2.75) is 25.2 Å². The molecule has 1 saturated heterocycles. The third kappa shape index (κ3) is 5.27. The number of amides is 1. The third-order valence-corrected chi connectivity index (χ3v) is 6.58. The van der Waals surface area contributed by atoms with E-state index in [9.17, 15) is 23.6 Å². The SMILES string of the molecule is COC(=O)C[C@@H]1CCCN(C(=O)C(C=O)c2ccc3c(-c4ccc(F)cc4Cl)cc(=O)oc3c2)C1. The number of methoxy groups -OCH3 is 1. The summed E-state index contributed by atoms with van der Waals surface area (Å²) in [5.41, 5.74) is 0.793. The smallest absolute Gasteiger partial charge is 0.336 e. The van der Waals surface area contributed by atoms with Gasteiger partial charge in [0.1, 0.15) is 23.6 Å². The third-order valence-electron chi connectivity index (χ3n) is 6.26. The fourth-order valence-electron chi connectivity index (χ4n) is 4.53. The molecule has 2 heterocycles. The quantitative estimate of drug-likeness (QED) is 0.217. The molecule has 4 rings (SSSR count). The van der Waals surface area contributed by atoms with Gasteiger partial charge in [0.05, 0.1) is 12.1 Å². The van der Waals surface area contributed by atoms with Crippen LogP contribution in [0.4, 0.5) is 4.39 Å². The predicted octanol–water partition coefficient (Wildman–Crippen LogP) is 4.34. The zero-order valence-electron chi connectivity index (χ0n) is 19.0. The Morgan fingerprint density at radius 3 is 2.74 bits per heavy atom. The second-order valence-electron chi connectivity index (χ2n) is 8.55. The van der Waals surface area contributed by atoms with E-state index in [1.165, 1.54) is 31.4 Å². The largest absolute Gasteiger partial charge is 0.469 e. The lowest BCUT2D eigenvalue weighted by molar-refractivity contribution is -0.144. The molecule has 1 aliphatic heterocycles. The summed E-state index contributed by atoms with van der Waals surface area (Å²) >= 11 is 6.20. The lowest BCUT2D eigenvalue weighted by atomic mass is 9.91. The number of carbonyl (C=O) groups excluding carboxylic acids is 3. The predicted molar refractivity (Wildman–Crippen MR) is 128 cm³/mol. The Kier molecular flexibility index (Phi) is 7.31. The number of nitrogens with zero attached hydrogens (tertiary/aromatic N) is 1. The molecule has 1 amide bonds. The van der Waals surface area contributed by atoms with Crippen molar-refractivity contribution in [1.82, 2.24) is 4.90 Å². The van der Waals surface area contributed by atoms with Gasteiger partial charge in [0.15, 0.2) is 0 Å². The van der Waals surface area contributed by atoms with Gasteiger partial charge in [-0.25, -0.2) is 9.18 Å². The van der Waals surface area contributed by atoms with Gasteiger partial charge >= 0.3 is 11.6 Å². The van der Waals surface area contributed by atoms with E-state index in [4.69, 9.17) is 20.8 Å². The molecule has 182 valence electrons. The van der Waals surface area contributed by atoms with Crippen molar-refractivity contribution in [3.05, 3.63) is 69.3 Å². The van der Waals surface area contributed by atoms with Crippen LogP contribution < -0.4 is 5.63 Å². The van der Waals surface area contributed by atoms with E-state index in [1.54, 1.807) is 17.0 Å². The van der Waals surface area contributed by atoms with Gasteiger partial charge in [0.25, 0.3) is 0 Å². The molecule has 1 unspecified atom stereocenters. The summed E-state index contributed by atoms with van der Waals surface area (Å²) in [5.74, 6) is -2.36. The van der Waals surface area contributed by atoms with E-state index in [1.807, 2.05) is 0 Å². The molecular formula is C26H23ClFNO6. The number of fused-ring (bicyclic) bond motifs is 1. The highest BCUT2D eigenvalue weighted by atomic mass is 35.5. The zero-order chi connectivity index (χ0) is 25.1. The first-order chi connectivity index (χ1) is 16.8. The van der Waals surface area contributed by atoms with Crippen LogP contribution in [0.3, 0.4) is 0 Å². The summed E-state index contributed by atoms with van der Waals surface area (Å²) < 4.78 is 23.6. The first-order valence-electron chi connectivity index (χ1n) is 11.1. The number of esters is 1. The van der Waals surface area contributed by atoms with Gasteiger partial charge in [-0.05, 0) is 48.6 Å². The van der Waals surface area contributed by atoms with Crippen LogP contribution in [0, 0.1) is 11.7 Å². The lowest BCUT2D eigenvalue weighted by Crippen LogP contribution is -2.43. The van der Waals surface area contributed by atoms with Crippen LogP contribution >= 0.6 is 11.6 Å². The maximum absolute atomic E-state index is 13.5. The highest BCUT2D eigenvalue weighted by molar-refractivity contribution is 6.33. The van der Waals surface area contributed by atoms with Crippen LogP contribution in [0.1, 0.15) is 30.7 Å². The van der Waals surface area contributed by atoms with Gasteiger partial charge in [-0.1, -0.05) is 23.7 Å². The van der Waals surface area contributed by atoms with E-state index >= 15 is 0 Å². The molecule has 0 bridgehead atoms. The van der Waals surface area contributed by atoms with Crippen molar-refractivity contribution in [2.24, 2.45) is 5.92 Å². The minimum Gasteiger partial charge on any atom is -0.469 e. The lowest BCUT2D eigenvalue weighted by Gasteiger charge is -2.33. The molecule has 2 atom stereocenters. The highest BCUT2D eigenvalue weighted by Gasteiger charge is 2.31. The van der Waals surface area contributed by atoms with E-state index < -0.39 is 17.4 Å². The number of hydrogen-bond acceptors (Lipinski definition) is 6. The molecule has 0 N–H and O–H groups in total. The van der Waals surface area contributed by atoms with Crippen LogP contribution in [0.5, 0.6) is 0 Å². The van der Waals surface area contributed by atoms with E-state index in [2.05, 4.69) is 0 Å². The average molecular weight is 500 g/mol. The number of carbonyl (C=O) groups is 3. The number of piperidine rings is 1. The molecule has 9 heteroatoms. The Labute approximate surface area is 205 Å². The highest BCUT2D eigenvalue weighted by Crippen LogP contribution is 2.34. The molecule has 3 aromatic rings. The Morgan fingerprint density at radius 2 is 2.03 bits per heavy atom. The van der Waals surface area contributed by atoms with Crippen LogP contribution in [0.25, 0.3) is 22.1 Å². The number of likely N-dealkylation sites (tertiary alicyclic amines) is 1. The Hall–Kier alpha value is -3.52. The molecular weight excluding hydrogens is 477 g/mol. The molecule has 35 heavy (non-hydrogen) atoms. The summed E-state index contributed by atoms with van der Waals surface area (Å²) in [5, 5.41) is 0.656. The maximum atomic E-state index is 13.5. The Balaban J connectivity index is 1.66. The first-order valence-corrected chi connectivity index (χ1v) is 11.5. The Bertz CT molecular complexity index is 1350. The monoisotopic (exact) mass is 499 g/mol. The van der Waals surface area contributed by atoms with Gasteiger partial charge in [-0.3, -0.25) is 9.59 Å². The van der Waals surface area contributed by atoms with E-state index in [0.717, 1.165) is 12.5 Å². The molecule has 7 nitrogen and oxygen atoms in total. The number of hydrogen-bond donors (Lipinski definition) is 0. The molecule has 0 saturated carbocycles. The van der Waals surface area contributed by atoms with E-state index in [0.29, 0.717) is 47.9 Å². The number of ether oxygens (including phenoxy) is 1. The summed E-state index contributed by atoms with van der Waals surface area (Å²) in [7, 11) is 1.32. The normalized spacial score (nSPS) is 16.7. The topological polar surface area (TPSA) is 93.9 Å². The number of halogens is 2. The Morgan fingerprint density at radius 1 is 1.23 bits per heavy atom. The number of benzene rings is 2. The fraction of sp³-hybridized carbons (Fsp3) is 0.308. The van der Waals surface area contributed by atoms with Crippen molar-refractivity contribution in [2.75, 3.05) is 20.2 Å². The van der Waals surface area contributed by atoms with Crippen LogP contribution in [0.2, 0.25) is 5.02 Å². The van der Waals surface area contributed by atoms with E-state index in [-0.39, 0.29) is 34.8 Å². The average Bonchev–Trinajstić information content (AvgIpc) is 2.84. The maximum Gasteiger partial charge on any atom is 0.336 e. The van der Waals surface area contributed by atoms with Crippen molar-refractivity contribution in [1.29, 1.82) is 0 Å². The summed E-state index contributed by atoms with van der Waals surface area (Å²) in [6, 6.07) is 9.88. The summed E-state index contributed by atoms with van der Waals surface area (Å²) in [4.78, 5) is 50.7. The summed E-state index contributed by atoms with van der Waals surface area (Å²) in [6.45, 7) is 0.838. The van der Waals surface area contributed by atoms with Crippen molar-refractivity contribution < 1.29 is 27.9 Å². The van der Waals surface area contributed by atoms with Gasteiger partial charge in [-0.2, -0.15) is 0 Å². The van der Waals surface area contributed by atoms with Gasteiger partial charge in [-0.15, -0.1) is 0 Å². The van der Waals surface area contributed by atoms with Crippen molar-refractivity contribution in [3.63, 3.8) is 0 Å². The minimum absolute atomic E-state index is 0.0370. The van der Waals surface area contributed by atoms with Gasteiger partial charge < -0.3 is 18.8 Å². The molecule has 2 aromatic carbocycles. The second-order valence-corrected chi connectivity index (χ2v) is 8.95. The fourth-order valence-corrected chi connectivity index (χ4v) is 4.80. The molecule has 0 spiro atoms. The second kappa shape index (κ2) is 10.4. The molecule has 1 aliphatic rings. The van der Waals surface area contributed by atoms with Crippen LogP contribution in [-0.4, -0.2) is 43.3 Å². The number of aldehydes is 1. The standard InChI is InChI=1S/C26H23ClFNO6/c1-34-24(31)9-15-3-2-8-29(13-15)26(33)21(14-30)16-4-6-19-20(12-25(32)35-23(19)10-16)18-7-5-17(28)11-22(18)27/h4-7,10-12,14-15,21H,2-3,8-9,13H2,1H3/t15-,21?/m0/s1. The van der Waals surface area contributed by atoms with Crippen molar-refractivity contribution in [3.8, 4) is 11.1 Å². The van der Waals surface area contributed by atoms with Crippen LogP contribution in [-0.2, 0) is 19.1 Å². The van der Waals surface area contributed by atoms with Gasteiger partial charge in [0, 0.05) is 42.1 Å². The molecule has 0 aliphatic carbocycles. The van der Waals surface area contributed by atoms with Crippen LogP contribution in [0.15, 0.2) is 51.7 Å².